The molecule has 2 N–H and O–H groups in total. The van der Waals surface area contributed by atoms with Crippen LogP contribution in [0.15, 0.2) is 0 Å². The number of hydrogen-bond acceptors (Lipinski definition) is 7. The molecule has 1 aromatic rings. The van der Waals surface area contributed by atoms with Gasteiger partial charge in [0.2, 0.25) is 17.2 Å². The van der Waals surface area contributed by atoms with Crippen molar-refractivity contribution in [2.45, 2.75) is 19.9 Å². The Morgan fingerprint density at radius 3 is 2.60 bits per heavy atom. The van der Waals surface area contributed by atoms with Crippen molar-refractivity contribution in [2.24, 2.45) is 0 Å². The molecule has 1 aliphatic heterocycles. The van der Waals surface area contributed by atoms with Crippen molar-refractivity contribution in [1.29, 1.82) is 0 Å². The molecule has 0 unspecified atom stereocenters. The highest BCUT2D eigenvalue weighted by Crippen LogP contribution is 2.10. The molecule has 2 heterocycles. The number of hydrogen-bond donors (Lipinski definition) is 2. The summed E-state index contributed by atoms with van der Waals surface area (Å²) in [6.07, 6.45) is 0. The fraction of sp³-hybridized carbons (Fsp3) is 0.750. The first-order chi connectivity index (χ1) is 9.63. The molecule has 0 radical (unpaired) electrons. The second kappa shape index (κ2) is 7.56. The Kier molecular flexibility index (Phi) is 5.75. The molecule has 7 nitrogen and oxygen atoms in total. The number of aromatic nitrogens is 3. The summed E-state index contributed by atoms with van der Waals surface area (Å²) in [6, 6.07) is 0.245. The Hall–Kier alpha value is -1.18. The molecule has 2 rings (SSSR count). The quantitative estimate of drug-likeness (QED) is 0.814. The first kappa shape index (κ1) is 15.2. The van der Waals surface area contributed by atoms with Gasteiger partial charge in [0.05, 0.1) is 13.2 Å². The van der Waals surface area contributed by atoms with E-state index in [1.165, 1.54) is 0 Å². The van der Waals surface area contributed by atoms with Crippen LogP contribution in [0.1, 0.15) is 13.8 Å². The molecule has 20 heavy (non-hydrogen) atoms. The van der Waals surface area contributed by atoms with E-state index in [1.807, 2.05) is 13.8 Å². The van der Waals surface area contributed by atoms with Crippen LogP contribution >= 0.6 is 11.6 Å². The van der Waals surface area contributed by atoms with E-state index in [0.29, 0.717) is 11.9 Å². The zero-order chi connectivity index (χ0) is 14.4. The van der Waals surface area contributed by atoms with E-state index in [4.69, 9.17) is 16.3 Å². The van der Waals surface area contributed by atoms with Crippen LogP contribution < -0.4 is 10.6 Å². The monoisotopic (exact) mass is 300 g/mol. The van der Waals surface area contributed by atoms with Gasteiger partial charge in [-0.3, -0.25) is 4.90 Å². The molecule has 0 bridgehead atoms. The molecule has 1 aliphatic rings. The van der Waals surface area contributed by atoms with Crippen molar-refractivity contribution in [1.82, 2.24) is 19.9 Å². The SMILES string of the molecule is CC(C)Nc1nc(Cl)nc(NCCN2CCOCC2)n1. The smallest absolute Gasteiger partial charge is 0.228 e. The van der Waals surface area contributed by atoms with Crippen molar-refractivity contribution in [3.8, 4) is 0 Å². The second-order valence-corrected chi connectivity index (χ2v) is 5.27. The Morgan fingerprint density at radius 2 is 1.90 bits per heavy atom. The maximum atomic E-state index is 5.89. The molecule has 0 saturated carbocycles. The van der Waals surface area contributed by atoms with E-state index < -0.39 is 0 Å². The van der Waals surface area contributed by atoms with Crippen molar-refractivity contribution in [3.63, 3.8) is 0 Å². The lowest BCUT2D eigenvalue weighted by molar-refractivity contribution is 0.0398. The van der Waals surface area contributed by atoms with Gasteiger partial charge in [-0.2, -0.15) is 15.0 Å². The summed E-state index contributed by atoms with van der Waals surface area (Å²) in [4.78, 5) is 14.7. The largest absolute Gasteiger partial charge is 0.379 e. The Morgan fingerprint density at radius 1 is 1.20 bits per heavy atom. The van der Waals surface area contributed by atoms with Gasteiger partial charge in [0, 0.05) is 32.2 Å². The summed E-state index contributed by atoms with van der Waals surface area (Å²) in [5.41, 5.74) is 0. The van der Waals surface area contributed by atoms with Gasteiger partial charge in [-0.15, -0.1) is 0 Å². The molecule has 1 saturated heterocycles. The first-order valence-electron chi connectivity index (χ1n) is 6.85. The number of anilines is 2. The molecular formula is C12H21ClN6O. The van der Waals surface area contributed by atoms with Gasteiger partial charge >= 0.3 is 0 Å². The van der Waals surface area contributed by atoms with E-state index in [0.717, 1.165) is 39.4 Å². The van der Waals surface area contributed by atoms with E-state index >= 15 is 0 Å². The van der Waals surface area contributed by atoms with Gasteiger partial charge in [0.1, 0.15) is 0 Å². The van der Waals surface area contributed by atoms with E-state index in [-0.39, 0.29) is 11.3 Å². The van der Waals surface area contributed by atoms with Crippen molar-refractivity contribution >= 4 is 23.5 Å². The fourth-order valence-electron chi connectivity index (χ4n) is 1.90. The Bertz CT molecular complexity index is 424. The predicted octanol–water partition coefficient (Wildman–Crippen LogP) is 1.09. The van der Waals surface area contributed by atoms with Crippen LogP contribution in [-0.4, -0.2) is 65.3 Å². The molecule has 8 heteroatoms. The van der Waals surface area contributed by atoms with Crippen LogP contribution in [0.2, 0.25) is 5.28 Å². The van der Waals surface area contributed by atoms with Crippen LogP contribution in [0.5, 0.6) is 0 Å². The molecule has 0 amide bonds. The highest BCUT2D eigenvalue weighted by Gasteiger charge is 2.10. The molecule has 0 aliphatic carbocycles. The molecule has 0 atom stereocenters. The summed E-state index contributed by atoms with van der Waals surface area (Å²) >= 11 is 5.89. The Labute approximate surface area is 124 Å². The lowest BCUT2D eigenvalue weighted by atomic mass is 10.4. The third kappa shape index (κ3) is 5.07. The average Bonchev–Trinajstić information content (AvgIpc) is 2.38. The van der Waals surface area contributed by atoms with E-state index in [9.17, 15) is 0 Å². The zero-order valence-electron chi connectivity index (χ0n) is 11.9. The van der Waals surface area contributed by atoms with Gasteiger partial charge < -0.3 is 15.4 Å². The van der Waals surface area contributed by atoms with Gasteiger partial charge in [-0.1, -0.05) is 0 Å². The fourth-order valence-corrected chi connectivity index (χ4v) is 2.06. The lowest BCUT2D eigenvalue weighted by Crippen LogP contribution is -2.39. The highest BCUT2D eigenvalue weighted by atomic mass is 35.5. The van der Waals surface area contributed by atoms with Crippen LogP contribution in [0.3, 0.4) is 0 Å². The summed E-state index contributed by atoms with van der Waals surface area (Å²) in [5.74, 6) is 0.996. The van der Waals surface area contributed by atoms with Crippen molar-refractivity contribution in [3.05, 3.63) is 5.28 Å². The number of halogens is 1. The van der Waals surface area contributed by atoms with Crippen LogP contribution in [0, 0.1) is 0 Å². The molecule has 1 fully saturated rings. The predicted molar refractivity (Wildman–Crippen MR) is 79.3 cm³/mol. The first-order valence-corrected chi connectivity index (χ1v) is 7.23. The van der Waals surface area contributed by atoms with Gasteiger partial charge in [0.25, 0.3) is 0 Å². The standard InChI is InChI=1S/C12H21ClN6O/c1-9(2)15-12-17-10(13)16-11(18-12)14-3-4-19-5-7-20-8-6-19/h9H,3-8H2,1-2H3,(H2,14,15,16,17,18). The maximum absolute atomic E-state index is 5.89. The molecule has 1 aromatic heterocycles. The number of rotatable bonds is 6. The lowest BCUT2D eigenvalue weighted by Gasteiger charge is -2.26. The number of nitrogens with one attached hydrogen (secondary N) is 2. The topological polar surface area (TPSA) is 75.2 Å². The third-order valence-corrected chi connectivity index (χ3v) is 3.01. The minimum atomic E-state index is 0.192. The third-order valence-electron chi connectivity index (χ3n) is 2.84. The molecule has 0 aromatic carbocycles. The zero-order valence-corrected chi connectivity index (χ0v) is 12.7. The van der Waals surface area contributed by atoms with Gasteiger partial charge in [-0.25, -0.2) is 0 Å². The van der Waals surface area contributed by atoms with Crippen LogP contribution in [0.25, 0.3) is 0 Å². The number of ether oxygens (including phenoxy) is 1. The van der Waals surface area contributed by atoms with Crippen molar-refractivity contribution < 1.29 is 4.74 Å². The van der Waals surface area contributed by atoms with Crippen LogP contribution in [0.4, 0.5) is 11.9 Å². The average molecular weight is 301 g/mol. The summed E-state index contributed by atoms with van der Waals surface area (Å²) in [6.45, 7) is 9.28. The van der Waals surface area contributed by atoms with Crippen molar-refractivity contribution in [2.75, 3.05) is 50.0 Å². The minimum Gasteiger partial charge on any atom is -0.379 e. The van der Waals surface area contributed by atoms with E-state index in [1.54, 1.807) is 0 Å². The Balaban J connectivity index is 1.83. The molecular weight excluding hydrogens is 280 g/mol. The summed E-state index contributed by atoms with van der Waals surface area (Å²) in [7, 11) is 0. The van der Waals surface area contributed by atoms with Gasteiger partial charge in [-0.05, 0) is 25.4 Å². The summed E-state index contributed by atoms with van der Waals surface area (Å²) < 4.78 is 5.31. The maximum Gasteiger partial charge on any atom is 0.228 e. The number of nitrogens with zero attached hydrogens (tertiary/aromatic N) is 4. The van der Waals surface area contributed by atoms with Gasteiger partial charge in [0.15, 0.2) is 0 Å². The minimum absolute atomic E-state index is 0.192. The summed E-state index contributed by atoms with van der Waals surface area (Å²) in [5, 5.41) is 6.48. The second-order valence-electron chi connectivity index (χ2n) is 4.93. The van der Waals surface area contributed by atoms with E-state index in [2.05, 4.69) is 30.5 Å². The number of morpholine rings is 1. The normalized spacial score (nSPS) is 16.4. The highest BCUT2D eigenvalue weighted by molar-refractivity contribution is 6.28. The van der Waals surface area contributed by atoms with Crippen LogP contribution in [-0.2, 0) is 4.74 Å². The molecule has 112 valence electrons. The molecule has 0 spiro atoms.